The zero-order chi connectivity index (χ0) is 21.5. The van der Waals surface area contributed by atoms with Gasteiger partial charge in [-0.15, -0.1) is 0 Å². The largest absolute Gasteiger partial charge is 0.416 e. The first-order chi connectivity index (χ1) is 13.6. The van der Waals surface area contributed by atoms with Crippen molar-refractivity contribution in [3.63, 3.8) is 0 Å². The topological polar surface area (TPSA) is 63.2 Å². The molecule has 0 spiro atoms. The van der Waals surface area contributed by atoms with E-state index >= 15 is 0 Å². The second-order valence-electron chi connectivity index (χ2n) is 7.01. The van der Waals surface area contributed by atoms with Gasteiger partial charge in [0.25, 0.3) is 0 Å². The average Bonchev–Trinajstić information content (AvgIpc) is 2.65. The molecule has 1 N–H and O–H groups in total. The fourth-order valence-corrected chi connectivity index (χ4v) is 4.32. The Morgan fingerprint density at radius 3 is 2.24 bits per heavy atom. The van der Waals surface area contributed by atoms with Crippen molar-refractivity contribution in [1.82, 2.24) is 5.32 Å². The smallest absolute Gasteiger partial charge is 0.356 e. The molecule has 0 radical (unpaired) electrons. The van der Waals surface area contributed by atoms with Gasteiger partial charge in [-0.3, -0.25) is 4.79 Å². The van der Waals surface area contributed by atoms with Crippen LogP contribution in [0.3, 0.4) is 0 Å². The lowest BCUT2D eigenvalue weighted by molar-refractivity contribution is -0.137. The second-order valence-corrected chi connectivity index (χ2v) is 9.19. The molecule has 0 aliphatic carbocycles. The lowest BCUT2D eigenvalue weighted by Crippen LogP contribution is -2.27. The molecule has 2 rings (SSSR count). The van der Waals surface area contributed by atoms with Crippen LogP contribution >= 0.6 is 0 Å². The second kappa shape index (κ2) is 9.91. The molecule has 0 aliphatic heterocycles. The molecule has 2 aromatic carbocycles. The monoisotopic (exact) mass is 427 g/mol. The summed E-state index contributed by atoms with van der Waals surface area (Å²) in [6.07, 6.45) is -3.97. The van der Waals surface area contributed by atoms with Gasteiger partial charge in [0.2, 0.25) is 5.91 Å². The number of sulfone groups is 1. The number of hydrogen-bond acceptors (Lipinski definition) is 3. The van der Waals surface area contributed by atoms with Crippen molar-refractivity contribution in [2.75, 3.05) is 12.3 Å². The number of benzene rings is 2. The maximum atomic E-state index is 12.6. The van der Waals surface area contributed by atoms with Crippen LogP contribution in [0.2, 0.25) is 0 Å². The van der Waals surface area contributed by atoms with Crippen molar-refractivity contribution in [1.29, 1.82) is 0 Å². The number of hydrogen-bond donors (Lipinski definition) is 1. The first-order valence-corrected chi connectivity index (χ1v) is 11.1. The third-order valence-corrected chi connectivity index (χ3v) is 6.17. The van der Waals surface area contributed by atoms with E-state index in [1.54, 1.807) is 31.2 Å². The molecular weight excluding hydrogens is 403 g/mol. The summed E-state index contributed by atoms with van der Waals surface area (Å²) in [4.78, 5) is 12.0. The summed E-state index contributed by atoms with van der Waals surface area (Å²) in [5.41, 5.74) is 0.634. The van der Waals surface area contributed by atoms with Crippen LogP contribution in [-0.4, -0.2) is 26.6 Å². The molecule has 4 nitrogen and oxygen atoms in total. The highest BCUT2D eigenvalue weighted by Gasteiger charge is 2.30. The maximum absolute atomic E-state index is 12.6. The Morgan fingerprint density at radius 2 is 1.66 bits per heavy atom. The van der Waals surface area contributed by atoms with E-state index in [4.69, 9.17) is 0 Å². The highest BCUT2D eigenvalue weighted by atomic mass is 32.2. The van der Waals surface area contributed by atoms with Crippen LogP contribution < -0.4 is 5.32 Å². The van der Waals surface area contributed by atoms with E-state index in [-0.39, 0.29) is 36.3 Å². The van der Waals surface area contributed by atoms with Gasteiger partial charge in [0.15, 0.2) is 9.84 Å². The summed E-state index contributed by atoms with van der Waals surface area (Å²) in [5.74, 6) is -0.583. The zero-order valence-corrected chi connectivity index (χ0v) is 16.9. The van der Waals surface area contributed by atoms with E-state index in [9.17, 15) is 26.4 Å². The summed E-state index contributed by atoms with van der Waals surface area (Å²) in [7, 11) is -3.26. The lowest BCUT2D eigenvalue weighted by atomic mass is 9.96. The standard InChI is InChI=1S/C21H24F3NO3S/c1-16(18-8-10-19(11-9-18)21(22,23)24)14-20(26)25-12-5-13-29(27,28)15-17-6-3-2-4-7-17/h2-4,6-11,16H,5,12-15H2,1H3,(H,25,26). The summed E-state index contributed by atoms with van der Waals surface area (Å²) < 4.78 is 62.0. The van der Waals surface area contributed by atoms with Crippen molar-refractivity contribution in [3.05, 3.63) is 71.3 Å². The molecule has 0 fully saturated rings. The average molecular weight is 427 g/mol. The summed E-state index contributed by atoms with van der Waals surface area (Å²) >= 11 is 0. The van der Waals surface area contributed by atoms with Crippen LogP contribution in [0.15, 0.2) is 54.6 Å². The number of amides is 1. The minimum Gasteiger partial charge on any atom is -0.356 e. The van der Waals surface area contributed by atoms with Crippen LogP contribution in [0.1, 0.15) is 42.4 Å². The molecule has 0 saturated heterocycles. The predicted octanol–water partition coefficient (Wildman–Crippen LogP) is 4.32. The Kier molecular flexibility index (Phi) is 7.84. The highest BCUT2D eigenvalue weighted by Crippen LogP contribution is 2.30. The van der Waals surface area contributed by atoms with E-state index < -0.39 is 21.6 Å². The zero-order valence-electron chi connectivity index (χ0n) is 16.1. The molecule has 2 aromatic rings. The normalized spacial score (nSPS) is 13.1. The van der Waals surface area contributed by atoms with Crippen LogP contribution in [0, 0.1) is 0 Å². The van der Waals surface area contributed by atoms with E-state index in [0.29, 0.717) is 12.0 Å². The summed E-state index contributed by atoms with van der Waals surface area (Å²) in [6, 6.07) is 13.6. The number of alkyl halides is 3. The van der Waals surface area contributed by atoms with Gasteiger partial charge in [-0.2, -0.15) is 13.2 Å². The van der Waals surface area contributed by atoms with Crippen LogP contribution in [0.4, 0.5) is 13.2 Å². The molecule has 0 heterocycles. The number of carbonyl (C=O) groups is 1. The van der Waals surface area contributed by atoms with E-state index in [1.165, 1.54) is 12.1 Å². The molecule has 29 heavy (non-hydrogen) atoms. The van der Waals surface area contributed by atoms with Gasteiger partial charge >= 0.3 is 6.18 Å². The van der Waals surface area contributed by atoms with Crippen LogP contribution in [0.5, 0.6) is 0 Å². The predicted molar refractivity (Wildman–Crippen MR) is 106 cm³/mol. The van der Waals surface area contributed by atoms with Crippen molar-refractivity contribution < 1.29 is 26.4 Å². The molecule has 0 bridgehead atoms. The van der Waals surface area contributed by atoms with Gasteiger partial charge in [-0.05, 0) is 35.6 Å². The minimum absolute atomic E-state index is 0.0311. The Bertz CT molecular complexity index is 895. The third kappa shape index (κ3) is 7.89. The molecule has 1 atom stereocenters. The highest BCUT2D eigenvalue weighted by molar-refractivity contribution is 7.90. The molecule has 8 heteroatoms. The number of halogens is 3. The Balaban J connectivity index is 1.74. The minimum atomic E-state index is -4.39. The van der Waals surface area contributed by atoms with Crippen molar-refractivity contribution in [2.24, 2.45) is 0 Å². The van der Waals surface area contributed by atoms with Gasteiger partial charge < -0.3 is 5.32 Å². The third-order valence-electron chi connectivity index (χ3n) is 4.48. The summed E-state index contributed by atoms with van der Waals surface area (Å²) in [5, 5.41) is 2.67. The van der Waals surface area contributed by atoms with Crippen LogP contribution in [-0.2, 0) is 26.6 Å². The molecule has 0 aliphatic rings. The van der Waals surface area contributed by atoms with Gasteiger partial charge in [0.05, 0.1) is 17.1 Å². The quantitative estimate of drug-likeness (QED) is 0.606. The van der Waals surface area contributed by atoms with Crippen molar-refractivity contribution in [2.45, 2.75) is 37.6 Å². The molecule has 1 amide bonds. The molecule has 0 aromatic heterocycles. The number of rotatable bonds is 9. The van der Waals surface area contributed by atoms with E-state index in [1.807, 2.05) is 6.07 Å². The van der Waals surface area contributed by atoms with Gasteiger partial charge in [-0.25, -0.2) is 8.42 Å². The Morgan fingerprint density at radius 1 is 1.03 bits per heavy atom. The molecule has 1 unspecified atom stereocenters. The van der Waals surface area contributed by atoms with E-state index in [0.717, 1.165) is 17.7 Å². The Labute approximate surface area is 169 Å². The van der Waals surface area contributed by atoms with Gasteiger partial charge in [-0.1, -0.05) is 49.4 Å². The van der Waals surface area contributed by atoms with Crippen molar-refractivity contribution >= 4 is 15.7 Å². The number of nitrogens with one attached hydrogen (secondary N) is 1. The van der Waals surface area contributed by atoms with Gasteiger partial charge in [0, 0.05) is 13.0 Å². The maximum Gasteiger partial charge on any atom is 0.416 e. The molecule has 158 valence electrons. The first-order valence-electron chi connectivity index (χ1n) is 9.25. The van der Waals surface area contributed by atoms with Crippen molar-refractivity contribution in [3.8, 4) is 0 Å². The molecular formula is C21H24F3NO3S. The fourth-order valence-electron chi connectivity index (χ4n) is 2.89. The van der Waals surface area contributed by atoms with Crippen LogP contribution in [0.25, 0.3) is 0 Å². The lowest BCUT2D eigenvalue weighted by Gasteiger charge is -2.13. The fraction of sp³-hybridized carbons (Fsp3) is 0.381. The summed E-state index contributed by atoms with van der Waals surface area (Å²) in [6.45, 7) is 1.99. The molecule has 0 saturated carbocycles. The Hall–Kier alpha value is -2.35. The van der Waals surface area contributed by atoms with Gasteiger partial charge in [0.1, 0.15) is 0 Å². The first kappa shape index (κ1) is 22.9. The number of carbonyl (C=O) groups excluding carboxylic acids is 1. The SMILES string of the molecule is CC(CC(=O)NCCCS(=O)(=O)Cc1ccccc1)c1ccc(C(F)(F)F)cc1. The van der Waals surface area contributed by atoms with E-state index in [2.05, 4.69) is 5.32 Å².